The van der Waals surface area contributed by atoms with Gasteiger partial charge in [0.05, 0.1) is 6.10 Å². The van der Waals surface area contributed by atoms with Crippen LogP contribution in [0.3, 0.4) is 0 Å². The Balaban J connectivity index is 2.00. The maximum Gasteiger partial charge on any atom is 0.220 e. The van der Waals surface area contributed by atoms with Gasteiger partial charge in [-0.3, -0.25) is 4.79 Å². The summed E-state index contributed by atoms with van der Waals surface area (Å²) in [6, 6.07) is 0. The molecule has 0 aromatic heterocycles. The Bertz CT molecular complexity index is 141. The molecule has 1 rings (SSSR count). The molecule has 1 atom stereocenters. The van der Waals surface area contributed by atoms with E-state index in [4.69, 9.17) is 5.11 Å². The maximum absolute atomic E-state index is 11.0. The van der Waals surface area contributed by atoms with Gasteiger partial charge >= 0.3 is 0 Å². The molecule has 0 unspecified atom stereocenters. The van der Waals surface area contributed by atoms with Gasteiger partial charge in [-0.2, -0.15) is 0 Å². The highest BCUT2D eigenvalue weighted by Gasteiger charge is 2.24. The highest BCUT2D eigenvalue weighted by Crippen LogP contribution is 2.31. The number of rotatable bonds is 4. The van der Waals surface area contributed by atoms with Crippen molar-refractivity contribution < 1.29 is 9.90 Å². The lowest BCUT2D eigenvalue weighted by atomic mass is 10.3. The summed E-state index contributed by atoms with van der Waals surface area (Å²) in [5.41, 5.74) is 0. The second kappa shape index (κ2) is 3.72. The number of carbonyl (C=O) groups is 1. The van der Waals surface area contributed by atoms with Gasteiger partial charge in [0, 0.05) is 13.0 Å². The fourth-order valence-corrected chi connectivity index (χ4v) is 0.918. The molecule has 64 valence electrons. The van der Waals surface area contributed by atoms with Gasteiger partial charge in [-0.1, -0.05) is 0 Å². The molecule has 11 heavy (non-hydrogen) atoms. The summed E-state index contributed by atoms with van der Waals surface area (Å²) in [5, 5.41) is 11.5. The van der Waals surface area contributed by atoms with Crippen LogP contribution in [0.5, 0.6) is 0 Å². The number of hydrogen-bond donors (Lipinski definition) is 2. The van der Waals surface area contributed by atoms with Crippen molar-refractivity contribution in [3.05, 3.63) is 0 Å². The fourth-order valence-electron chi connectivity index (χ4n) is 0.918. The van der Waals surface area contributed by atoms with E-state index in [1.54, 1.807) is 6.92 Å². The van der Waals surface area contributed by atoms with Crippen molar-refractivity contribution in [2.75, 3.05) is 6.54 Å². The van der Waals surface area contributed by atoms with Crippen molar-refractivity contribution in [1.29, 1.82) is 0 Å². The maximum atomic E-state index is 11.0. The Morgan fingerprint density at radius 2 is 2.36 bits per heavy atom. The zero-order chi connectivity index (χ0) is 8.27. The minimum absolute atomic E-state index is 0.0772. The summed E-state index contributed by atoms with van der Waals surface area (Å²) < 4.78 is 0. The first-order chi connectivity index (χ1) is 5.18. The van der Waals surface area contributed by atoms with Gasteiger partial charge in [-0.25, -0.2) is 0 Å². The fraction of sp³-hybridized carbons (Fsp3) is 0.875. The first kappa shape index (κ1) is 8.53. The lowest BCUT2D eigenvalue weighted by Crippen LogP contribution is -2.30. The van der Waals surface area contributed by atoms with Gasteiger partial charge < -0.3 is 10.4 Å². The molecule has 2 N–H and O–H groups in total. The third kappa shape index (κ3) is 3.98. The highest BCUT2D eigenvalue weighted by molar-refractivity contribution is 5.76. The Morgan fingerprint density at radius 3 is 2.82 bits per heavy atom. The molecule has 0 bridgehead atoms. The normalized spacial score (nSPS) is 19.5. The van der Waals surface area contributed by atoms with Gasteiger partial charge in [0.15, 0.2) is 0 Å². The van der Waals surface area contributed by atoms with Crippen LogP contribution in [-0.2, 0) is 4.79 Å². The predicted molar refractivity (Wildman–Crippen MR) is 42.0 cm³/mol. The average Bonchev–Trinajstić information content (AvgIpc) is 2.67. The molecule has 0 heterocycles. The van der Waals surface area contributed by atoms with Crippen molar-refractivity contribution in [2.24, 2.45) is 5.92 Å². The molecule has 0 saturated heterocycles. The number of carbonyl (C=O) groups excluding carboxylic acids is 1. The lowest BCUT2D eigenvalue weighted by molar-refractivity contribution is -0.121. The van der Waals surface area contributed by atoms with Crippen LogP contribution in [0.1, 0.15) is 26.2 Å². The zero-order valence-electron chi connectivity index (χ0n) is 6.84. The van der Waals surface area contributed by atoms with Crippen LogP contribution in [-0.4, -0.2) is 23.7 Å². The topological polar surface area (TPSA) is 49.3 Å². The molecular weight excluding hydrogens is 142 g/mol. The lowest BCUT2D eigenvalue weighted by Gasteiger charge is -2.05. The molecule has 0 aromatic carbocycles. The molecule has 3 nitrogen and oxygen atoms in total. The largest absolute Gasteiger partial charge is 0.392 e. The molecular formula is C8H15NO2. The Kier molecular flexibility index (Phi) is 2.88. The third-order valence-corrected chi connectivity index (χ3v) is 1.77. The van der Waals surface area contributed by atoms with E-state index in [0.717, 1.165) is 0 Å². The van der Waals surface area contributed by atoms with Crippen LogP contribution >= 0.6 is 0 Å². The smallest absolute Gasteiger partial charge is 0.220 e. The van der Waals surface area contributed by atoms with E-state index in [9.17, 15) is 4.79 Å². The van der Waals surface area contributed by atoms with Crippen LogP contribution in [0.25, 0.3) is 0 Å². The van der Waals surface area contributed by atoms with Crippen molar-refractivity contribution in [2.45, 2.75) is 32.3 Å². The van der Waals surface area contributed by atoms with Crippen molar-refractivity contribution in [1.82, 2.24) is 5.32 Å². The molecule has 0 spiro atoms. The van der Waals surface area contributed by atoms with E-state index >= 15 is 0 Å². The predicted octanol–water partition coefficient (Wildman–Crippen LogP) is 0.283. The molecule has 0 aromatic rings. The van der Waals surface area contributed by atoms with Gasteiger partial charge in [0.25, 0.3) is 0 Å². The van der Waals surface area contributed by atoms with Crippen molar-refractivity contribution in [3.63, 3.8) is 0 Å². The summed E-state index contributed by atoms with van der Waals surface area (Å²) in [4.78, 5) is 11.0. The Hall–Kier alpha value is -0.570. The van der Waals surface area contributed by atoms with Crippen molar-refractivity contribution >= 4 is 5.91 Å². The number of aliphatic hydroxyl groups is 1. The molecule has 1 fully saturated rings. The van der Waals surface area contributed by atoms with Crippen LogP contribution in [0.4, 0.5) is 0 Å². The Labute approximate surface area is 66.8 Å². The van der Waals surface area contributed by atoms with E-state index in [0.29, 0.717) is 18.9 Å². The molecule has 0 aliphatic heterocycles. The Morgan fingerprint density at radius 1 is 1.73 bits per heavy atom. The van der Waals surface area contributed by atoms with Crippen molar-refractivity contribution in [3.8, 4) is 0 Å². The molecule has 1 aliphatic rings. The molecule has 0 radical (unpaired) electrons. The summed E-state index contributed by atoms with van der Waals surface area (Å²) in [6.07, 6.45) is 2.61. The van der Waals surface area contributed by atoms with Gasteiger partial charge in [0.2, 0.25) is 5.91 Å². The summed E-state index contributed by atoms with van der Waals surface area (Å²) in [6.45, 7) is 2.04. The average molecular weight is 157 g/mol. The van der Waals surface area contributed by atoms with Crippen LogP contribution in [0.15, 0.2) is 0 Å². The van der Waals surface area contributed by atoms with Crippen LogP contribution < -0.4 is 5.32 Å². The summed E-state index contributed by atoms with van der Waals surface area (Å²) in [7, 11) is 0. The second-order valence-electron chi connectivity index (χ2n) is 3.30. The number of aliphatic hydroxyl groups excluding tert-OH is 1. The molecule has 3 heteroatoms. The van der Waals surface area contributed by atoms with Gasteiger partial charge in [-0.05, 0) is 25.7 Å². The second-order valence-corrected chi connectivity index (χ2v) is 3.30. The van der Waals surface area contributed by atoms with E-state index in [-0.39, 0.29) is 5.91 Å². The molecule has 1 saturated carbocycles. The molecule has 1 aliphatic carbocycles. The van der Waals surface area contributed by atoms with Crippen LogP contribution in [0.2, 0.25) is 0 Å². The minimum Gasteiger partial charge on any atom is -0.392 e. The van der Waals surface area contributed by atoms with E-state index in [1.165, 1.54) is 12.8 Å². The number of amides is 1. The SMILES string of the molecule is C[C@@H](O)CNC(=O)CC1CC1. The van der Waals surface area contributed by atoms with E-state index < -0.39 is 6.10 Å². The van der Waals surface area contributed by atoms with E-state index in [2.05, 4.69) is 5.32 Å². The zero-order valence-corrected chi connectivity index (χ0v) is 6.84. The third-order valence-electron chi connectivity index (χ3n) is 1.77. The monoisotopic (exact) mass is 157 g/mol. The highest BCUT2D eigenvalue weighted by atomic mass is 16.3. The number of nitrogens with one attached hydrogen (secondary N) is 1. The first-order valence-electron chi connectivity index (χ1n) is 4.13. The number of hydrogen-bond acceptors (Lipinski definition) is 2. The van der Waals surface area contributed by atoms with Crippen LogP contribution in [0, 0.1) is 5.92 Å². The minimum atomic E-state index is -0.432. The quantitative estimate of drug-likeness (QED) is 0.616. The van der Waals surface area contributed by atoms with E-state index in [1.807, 2.05) is 0 Å². The van der Waals surface area contributed by atoms with Gasteiger partial charge in [0.1, 0.15) is 0 Å². The first-order valence-corrected chi connectivity index (χ1v) is 4.13. The summed E-state index contributed by atoms with van der Waals surface area (Å²) in [5.74, 6) is 0.706. The van der Waals surface area contributed by atoms with Gasteiger partial charge in [-0.15, -0.1) is 0 Å². The molecule has 1 amide bonds. The standard InChI is InChI=1S/C8H15NO2/c1-6(10)5-9-8(11)4-7-2-3-7/h6-7,10H,2-5H2,1H3,(H,9,11)/t6-/m1/s1. The summed E-state index contributed by atoms with van der Waals surface area (Å²) >= 11 is 0.